The minimum atomic E-state index is 0.281. The summed E-state index contributed by atoms with van der Waals surface area (Å²) in [5.41, 5.74) is 0.879. The number of para-hydroxylation sites is 1. The third kappa shape index (κ3) is 2.39. The van der Waals surface area contributed by atoms with Crippen molar-refractivity contribution in [1.82, 2.24) is 19.9 Å². The minimum Gasteiger partial charge on any atom is -0.491 e. The molecule has 0 amide bonds. The predicted molar refractivity (Wildman–Crippen MR) is 77.3 cm³/mol. The van der Waals surface area contributed by atoms with Crippen molar-refractivity contribution < 1.29 is 4.74 Å². The van der Waals surface area contributed by atoms with Crippen molar-refractivity contribution >= 4 is 34.3 Å². The fraction of sp³-hybridized carbons (Fsp3) is 0.0769. The molecule has 0 radical (unpaired) electrons. The summed E-state index contributed by atoms with van der Waals surface area (Å²) in [5.74, 6) is 0.446. The zero-order valence-electron chi connectivity index (χ0n) is 10.4. The summed E-state index contributed by atoms with van der Waals surface area (Å²) < 4.78 is 5.24. The number of fused-ring (bicyclic) bond motifs is 1. The molecule has 2 aromatic heterocycles. The van der Waals surface area contributed by atoms with Crippen molar-refractivity contribution in [2.24, 2.45) is 0 Å². The lowest BCUT2D eigenvalue weighted by Gasteiger charge is -2.08. The maximum atomic E-state index is 5.99. The molecule has 0 aliphatic carbocycles. The second-order valence-corrected chi connectivity index (χ2v) is 5.14. The Labute approximate surface area is 124 Å². The molecule has 0 bridgehead atoms. The van der Waals surface area contributed by atoms with Gasteiger partial charge in [0.05, 0.1) is 12.6 Å². The van der Waals surface area contributed by atoms with Crippen molar-refractivity contribution in [1.29, 1.82) is 0 Å². The summed E-state index contributed by atoms with van der Waals surface area (Å²) in [6.07, 6.45) is 2.93. The van der Waals surface area contributed by atoms with Crippen LogP contribution in [0.5, 0.6) is 5.75 Å². The highest BCUT2D eigenvalue weighted by Crippen LogP contribution is 2.37. The van der Waals surface area contributed by atoms with Crippen LogP contribution in [-0.4, -0.2) is 27.0 Å². The molecule has 0 fully saturated rings. The van der Waals surface area contributed by atoms with E-state index in [4.69, 9.17) is 16.3 Å². The quantitative estimate of drug-likeness (QED) is 0.692. The first-order valence-corrected chi connectivity index (χ1v) is 6.91. The Bertz CT molecular complexity index is 763. The molecular weight excluding hydrogens is 296 g/mol. The van der Waals surface area contributed by atoms with Gasteiger partial charge in [-0.1, -0.05) is 29.8 Å². The third-order valence-electron chi connectivity index (χ3n) is 2.63. The lowest BCUT2D eigenvalue weighted by molar-refractivity contribution is 0.398. The zero-order chi connectivity index (χ0) is 13.9. The first-order chi connectivity index (χ1) is 9.79. The van der Waals surface area contributed by atoms with Gasteiger partial charge in [-0.15, -0.1) is 0 Å². The number of benzene rings is 1. The van der Waals surface area contributed by atoms with Crippen LogP contribution in [0, 0.1) is 0 Å². The Morgan fingerprint density at radius 1 is 1.00 bits per heavy atom. The molecule has 0 unspecified atom stereocenters. The van der Waals surface area contributed by atoms with E-state index in [0.29, 0.717) is 10.8 Å². The Balaban J connectivity index is 2.08. The molecule has 3 aromatic rings. The molecule has 0 spiro atoms. The van der Waals surface area contributed by atoms with Gasteiger partial charge in [-0.05, 0) is 17.8 Å². The maximum absolute atomic E-state index is 5.99. The van der Waals surface area contributed by atoms with Gasteiger partial charge in [0, 0.05) is 5.39 Å². The van der Waals surface area contributed by atoms with E-state index in [2.05, 4.69) is 19.9 Å². The highest BCUT2D eigenvalue weighted by Gasteiger charge is 2.14. The summed E-state index contributed by atoms with van der Waals surface area (Å²) in [6, 6.07) is 7.78. The largest absolute Gasteiger partial charge is 0.491 e. The van der Waals surface area contributed by atoms with Crippen LogP contribution in [0.2, 0.25) is 5.15 Å². The number of rotatable bonds is 3. The van der Waals surface area contributed by atoms with Crippen LogP contribution in [0.15, 0.2) is 47.0 Å². The van der Waals surface area contributed by atoms with E-state index in [1.807, 2.05) is 24.3 Å². The van der Waals surface area contributed by atoms with Crippen LogP contribution in [-0.2, 0) is 0 Å². The van der Waals surface area contributed by atoms with Gasteiger partial charge in [-0.2, -0.15) is 0 Å². The van der Waals surface area contributed by atoms with Crippen molar-refractivity contribution in [3.8, 4) is 5.75 Å². The van der Waals surface area contributed by atoms with E-state index in [1.165, 1.54) is 31.5 Å². The standard InChI is InChI=1S/C13H9ClN4OS/c1-19-10-11(14)16-7-18-13(10)20-12-8-4-2-3-5-9(8)15-6-17-12/h2-7H,1H3. The van der Waals surface area contributed by atoms with Crippen LogP contribution < -0.4 is 4.74 Å². The smallest absolute Gasteiger partial charge is 0.188 e. The Hall–Kier alpha value is -1.92. The van der Waals surface area contributed by atoms with Gasteiger partial charge in [0.2, 0.25) is 0 Å². The number of nitrogens with zero attached hydrogens (tertiary/aromatic N) is 4. The molecule has 0 aliphatic rings. The van der Waals surface area contributed by atoms with Gasteiger partial charge in [0.1, 0.15) is 22.7 Å². The van der Waals surface area contributed by atoms with Gasteiger partial charge < -0.3 is 4.74 Å². The molecule has 0 aliphatic heterocycles. The molecule has 1 aromatic carbocycles. The first-order valence-electron chi connectivity index (χ1n) is 5.71. The molecule has 0 saturated carbocycles. The number of hydrogen-bond acceptors (Lipinski definition) is 6. The van der Waals surface area contributed by atoms with Gasteiger partial charge in [0.15, 0.2) is 10.9 Å². The molecule has 2 heterocycles. The van der Waals surface area contributed by atoms with Gasteiger partial charge in [0.25, 0.3) is 0 Å². The molecule has 0 N–H and O–H groups in total. The van der Waals surface area contributed by atoms with Crippen LogP contribution >= 0.6 is 23.4 Å². The maximum Gasteiger partial charge on any atom is 0.188 e. The van der Waals surface area contributed by atoms with Crippen LogP contribution in [0.25, 0.3) is 10.9 Å². The third-order valence-corrected chi connectivity index (χ3v) is 3.90. The summed E-state index contributed by atoms with van der Waals surface area (Å²) in [4.78, 5) is 16.6. The number of methoxy groups -OCH3 is 1. The van der Waals surface area contributed by atoms with Crippen molar-refractivity contribution in [2.45, 2.75) is 10.1 Å². The Morgan fingerprint density at radius 2 is 1.75 bits per heavy atom. The lowest BCUT2D eigenvalue weighted by Crippen LogP contribution is -1.94. The molecule has 0 saturated heterocycles. The molecule has 7 heteroatoms. The lowest BCUT2D eigenvalue weighted by atomic mass is 10.2. The Morgan fingerprint density at radius 3 is 2.60 bits per heavy atom. The van der Waals surface area contributed by atoms with E-state index in [1.54, 1.807) is 0 Å². The summed E-state index contributed by atoms with van der Waals surface area (Å²) in [5, 5.41) is 2.65. The molecule has 100 valence electrons. The molecule has 20 heavy (non-hydrogen) atoms. The summed E-state index contributed by atoms with van der Waals surface area (Å²) in [6.45, 7) is 0. The number of hydrogen-bond donors (Lipinski definition) is 0. The normalized spacial score (nSPS) is 10.7. The predicted octanol–water partition coefficient (Wildman–Crippen LogP) is 3.23. The minimum absolute atomic E-state index is 0.281. The van der Waals surface area contributed by atoms with E-state index < -0.39 is 0 Å². The fourth-order valence-corrected chi connectivity index (χ4v) is 2.94. The Kier molecular flexibility index (Phi) is 3.66. The van der Waals surface area contributed by atoms with Crippen molar-refractivity contribution in [2.75, 3.05) is 7.11 Å². The second kappa shape index (κ2) is 5.60. The fourth-order valence-electron chi connectivity index (χ4n) is 1.73. The molecule has 0 atom stereocenters. The average molecular weight is 305 g/mol. The second-order valence-electron chi connectivity index (χ2n) is 3.80. The van der Waals surface area contributed by atoms with Crippen molar-refractivity contribution in [3.63, 3.8) is 0 Å². The van der Waals surface area contributed by atoms with Crippen LogP contribution in [0.3, 0.4) is 0 Å². The SMILES string of the molecule is COc1c(Cl)ncnc1Sc1ncnc2ccccc12. The number of halogens is 1. The van der Waals surface area contributed by atoms with Gasteiger partial charge in [-0.25, -0.2) is 19.9 Å². The van der Waals surface area contributed by atoms with E-state index in [9.17, 15) is 0 Å². The van der Waals surface area contributed by atoms with Crippen molar-refractivity contribution in [3.05, 3.63) is 42.1 Å². The summed E-state index contributed by atoms with van der Waals surface area (Å²) >= 11 is 7.36. The zero-order valence-corrected chi connectivity index (χ0v) is 12.0. The van der Waals surface area contributed by atoms with E-state index in [0.717, 1.165) is 15.9 Å². The van der Waals surface area contributed by atoms with Gasteiger partial charge in [-0.3, -0.25) is 0 Å². The van der Waals surface area contributed by atoms with E-state index >= 15 is 0 Å². The highest BCUT2D eigenvalue weighted by atomic mass is 35.5. The van der Waals surface area contributed by atoms with Gasteiger partial charge >= 0.3 is 0 Å². The monoisotopic (exact) mass is 304 g/mol. The molecule has 3 rings (SSSR count). The number of aromatic nitrogens is 4. The highest BCUT2D eigenvalue weighted by molar-refractivity contribution is 7.99. The topological polar surface area (TPSA) is 60.8 Å². The summed E-state index contributed by atoms with van der Waals surface area (Å²) in [7, 11) is 1.53. The van der Waals surface area contributed by atoms with Crippen LogP contribution in [0.1, 0.15) is 0 Å². The number of ether oxygens (including phenoxy) is 1. The van der Waals surface area contributed by atoms with Crippen LogP contribution in [0.4, 0.5) is 0 Å². The van der Waals surface area contributed by atoms with E-state index in [-0.39, 0.29) is 5.15 Å². The molecule has 5 nitrogen and oxygen atoms in total. The first kappa shape index (κ1) is 13.1. The average Bonchev–Trinajstić information content (AvgIpc) is 2.48. The molecular formula is C13H9ClN4OS.